The van der Waals surface area contributed by atoms with E-state index in [9.17, 15) is 0 Å². The van der Waals surface area contributed by atoms with E-state index in [2.05, 4.69) is 47.4 Å². The van der Waals surface area contributed by atoms with E-state index >= 15 is 0 Å². The number of aryl methyl sites for hydroxylation is 1. The highest BCUT2D eigenvalue weighted by Gasteiger charge is 2.06. The SMILES string of the molecule is Cc1ccsc1CNC(C)c1ccsc1. The predicted molar refractivity (Wildman–Crippen MR) is 68.6 cm³/mol. The van der Waals surface area contributed by atoms with Gasteiger partial charge in [-0.3, -0.25) is 0 Å². The second-order valence-electron chi connectivity index (χ2n) is 3.69. The van der Waals surface area contributed by atoms with Crippen molar-refractivity contribution < 1.29 is 0 Å². The fourth-order valence-electron chi connectivity index (χ4n) is 1.47. The van der Waals surface area contributed by atoms with Gasteiger partial charge in [-0.05, 0) is 53.2 Å². The van der Waals surface area contributed by atoms with Crippen molar-refractivity contribution in [3.8, 4) is 0 Å². The van der Waals surface area contributed by atoms with Gasteiger partial charge in [0.1, 0.15) is 0 Å². The zero-order chi connectivity index (χ0) is 10.7. The van der Waals surface area contributed by atoms with E-state index in [0.717, 1.165) is 6.54 Å². The average molecular weight is 237 g/mol. The molecule has 3 heteroatoms. The fraction of sp³-hybridized carbons (Fsp3) is 0.333. The van der Waals surface area contributed by atoms with Crippen LogP contribution in [-0.2, 0) is 6.54 Å². The lowest BCUT2D eigenvalue weighted by Gasteiger charge is -2.11. The Bertz CT molecular complexity index is 403. The Labute approximate surface area is 98.8 Å². The largest absolute Gasteiger partial charge is 0.305 e. The lowest BCUT2D eigenvalue weighted by Crippen LogP contribution is -2.17. The van der Waals surface area contributed by atoms with Crippen molar-refractivity contribution >= 4 is 22.7 Å². The molecule has 0 amide bonds. The Hall–Kier alpha value is -0.640. The molecule has 0 spiro atoms. The van der Waals surface area contributed by atoms with E-state index < -0.39 is 0 Å². The normalized spacial score (nSPS) is 12.9. The van der Waals surface area contributed by atoms with Crippen LogP contribution in [0.3, 0.4) is 0 Å². The highest BCUT2D eigenvalue weighted by molar-refractivity contribution is 7.10. The molecule has 2 aromatic heterocycles. The summed E-state index contributed by atoms with van der Waals surface area (Å²) in [4.78, 5) is 1.44. The van der Waals surface area contributed by atoms with Crippen LogP contribution in [0.1, 0.15) is 29.0 Å². The smallest absolute Gasteiger partial charge is 0.0308 e. The van der Waals surface area contributed by atoms with Crippen LogP contribution < -0.4 is 5.32 Å². The van der Waals surface area contributed by atoms with Crippen LogP contribution in [0.5, 0.6) is 0 Å². The lowest BCUT2D eigenvalue weighted by molar-refractivity contribution is 0.579. The Morgan fingerprint density at radius 3 is 2.80 bits per heavy atom. The van der Waals surface area contributed by atoms with Crippen LogP contribution in [-0.4, -0.2) is 0 Å². The molecule has 1 unspecified atom stereocenters. The van der Waals surface area contributed by atoms with Crippen LogP contribution in [0.4, 0.5) is 0 Å². The number of rotatable bonds is 4. The first-order valence-corrected chi connectivity index (χ1v) is 6.88. The van der Waals surface area contributed by atoms with E-state index in [4.69, 9.17) is 0 Å². The minimum absolute atomic E-state index is 0.442. The van der Waals surface area contributed by atoms with Crippen molar-refractivity contribution in [2.24, 2.45) is 0 Å². The third-order valence-electron chi connectivity index (χ3n) is 2.58. The molecule has 15 heavy (non-hydrogen) atoms. The van der Waals surface area contributed by atoms with Gasteiger partial charge in [-0.15, -0.1) is 11.3 Å². The summed E-state index contributed by atoms with van der Waals surface area (Å²) >= 11 is 3.59. The highest BCUT2D eigenvalue weighted by atomic mass is 32.1. The van der Waals surface area contributed by atoms with E-state index in [-0.39, 0.29) is 0 Å². The van der Waals surface area contributed by atoms with Gasteiger partial charge in [-0.1, -0.05) is 0 Å². The molecule has 2 aromatic rings. The summed E-state index contributed by atoms with van der Waals surface area (Å²) in [6, 6.07) is 4.80. The van der Waals surface area contributed by atoms with Gasteiger partial charge in [0.2, 0.25) is 0 Å². The topological polar surface area (TPSA) is 12.0 Å². The van der Waals surface area contributed by atoms with Crippen molar-refractivity contribution in [2.45, 2.75) is 26.4 Å². The molecular weight excluding hydrogens is 222 g/mol. The summed E-state index contributed by atoms with van der Waals surface area (Å²) in [5.74, 6) is 0. The molecule has 0 aliphatic heterocycles. The molecule has 0 aromatic carbocycles. The van der Waals surface area contributed by atoms with Crippen molar-refractivity contribution in [2.75, 3.05) is 0 Å². The maximum Gasteiger partial charge on any atom is 0.0308 e. The monoisotopic (exact) mass is 237 g/mol. The molecule has 0 saturated heterocycles. The Morgan fingerprint density at radius 2 is 2.20 bits per heavy atom. The standard InChI is InChI=1S/C12H15NS2/c1-9-3-6-15-12(9)7-13-10(2)11-4-5-14-8-11/h3-6,8,10,13H,7H2,1-2H3. The number of thiophene rings is 2. The van der Waals surface area contributed by atoms with Gasteiger partial charge in [0.15, 0.2) is 0 Å². The first kappa shape index (κ1) is 10.9. The van der Waals surface area contributed by atoms with Crippen LogP contribution in [0, 0.1) is 6.92 Å². The van der Waals surface area contributed by atoms with E-state index in [0.29, 0.717) is 6.04 Å². The number of hydrogen-bond acceptors (Lipinski definition) is 3. The van der Waals surface area contributed by atoms with Crippen LogP contribution in [0.25, 0.3) is 0 Å². The average Bonchev–Trinajstić information content (AvgIpc) is 2.85. The highest BCUT2D eigenvalue weighted by Crippen LogP contribution is 2.19. The minimum atomic E-state index is 0.442. The lowest BCUT2D eigenvalue weighted by atomic mass is 10.2. The summed E-state index contributed by atoms with van der Waals surface area (Å²) in [6.07, 6.45) is 0. The quantitative estimate of drug-likeness (QED) is 0.848. The summed E-state index contributed by atoms with van der Waals surface area (Å²) in [7, 11) is 0. The van der Waals surface area contributed by atoms with Crippen molar-refractivity contribution in [3.63, 3.8) is 0 Å². The van der Waals surface area contributed by atoms with Gasteiger partial charge in [-0.25, -0.2) is 0 Å². The van der Waals surface area contributed by atoms with Gasteiger partial charge < -0.3 is 5.32 Å². The van der Waals surface area contributed by atoms with Gasteiger partial charge in [0, 0.05) is 17.5 Å². The molecule has 0 saturated carbocycles. The maximum absolute atomic E-state index is 3.55. The van der Waals surface area contributed by atoms with Crippen molar-refractivity contribution in [1.29, 1.82) is 0 Å². The predicted octanol–water partition coefficient (Wildman–Crippen LogP) is 3.97. The number of hydrogen-bond donors (Lipinski definition) is 1. The van der Waals surface area contributed by atoms with E-state index in [1.807, 2.05) is 11.3 Å². The molecule has 1 nitrogen and oxygen atoms in total. The van der Waals surface area contributed by atoms with Crippen molar-refractivity contribution in [1.82, 2.24) is 5.32 Å². The van der Waals surface area contributed by atoms with Crippen LogP contribution >= 0.6 is 22.7 Å². The number of nitrogens with one attached hydrogen (secondary N) is 1. The fourth-order valence-corrected chi connectivity index (χ4v) is 3.08. The molecule has 0 aliphatic rings. The van der Waals surface area contributed by atoms with Crippen molar-refractivity contribution in [3.05, 3.63) is 44.3 Å². The first-order chi connectivity index (χ1) is 7.27. The molecule has 1 N–H and O–H groups in total. The molecule has 0 aliphatic carbocycles. The maximum atomic E-state index is 3.55. The Kier molecular flexibility index (Phi) is 3.57. The second-order valence-corrected chi connectivity index (χ2v) is 5.47. The molecule has 0 fully saturated rings. The van der Waals surface area contributed by atoms with E-state index in [1.54, 1.807) is 11.3 Å². The summed E-state index contributed by atoms with van der Waals surface area (Å²) in [5, 5.41) is 10.0. The van der Waals surface area contributed by atoms with Gasteiger partial charge >= 0.3 is 0 Å². The van der Waals surface area contributed by atoms with E-state index in [1.165, 1.54) is 16.0 Å². The zero-order valence-corrected chi connectivity index (χ0v) is 10.6. The van der Waals surface area contributed by atoms with Crippen LogP contribution in [0.15, 0.2) is 28.3 Å². The molecular formula is C12H15NS2. The molecule has 2 heterocycles. The third-order valence-corrected chi connectivity index (χ3v) is 4.30. The zero-order valence-electron chi connectivity index (χ0n) is 8.99. The molecule has 2 rings (SSSR count). The minimum Gasteiger partial charge on any atom is -0.305 e. The molecule has 0 bridgehead atoms. The molecule has 0 radical (unpaired) electrons. The third kappa shape index (κ3) is 2.68. The second kappa shape index (κ2) is 4.92. The molecule has 1 atom stereocenters. The van der Waals surface area contributed by atoms with Gasteiger partial charge in [-0.2, -0.15) is 11.3 Å². The summed E-state index contributed by atoms with van der Waals surface area (Å²) in [5.41, 5.74) is 2.78. The summed E-state index contributed by atoms with van der Waals surface area (Å²) < 4.78 is 0. The Morgan fingerprint density at radius 1 is 1.33 bits per heavy atom. The first-order valence-electron chi connectivity index (χ1n) is 5.06. The van der Waals surface area contributed by atoms with Gasteiger partial charge in [0.05, 0.1) is 0 Å². The molecule has 80 valence electrons. The van der Waals surface area contributed by atoms with Gasteiger partial charge in [0.25, 0.3) is 0 Å². The van der Waals surface area contributed by atoms with Crippen LogP contribution in [0.2, 0.25) is 0 Å². The summed E-state index contributed by atoms with van der Waals surface area (Å²) in [6.45, 7) is 5.36. The Balaban J connectivity index is 1.91.